The van der Waals surface area contributed by atoms with E-state index in [1.807, 2.05) is 6.92 Å². The minimum atomic E-state index is -3.71. The van der Waals surface area contributed by atoms with Gasteiger partial charge in [-0.1, -0.05) is 42.7 Å². The lowest BCUT2D eigenvalue weighted by molar-refractivity contribution is -0.123. The lowest BCUT2D eigenvalue weighted by Gasteiger charge is -2.27. The smallest absolute Gasteiger partial charge is 0.242 e. The van der Waals surface area contributed by atoms with Crippen molar-refractivity contribution in [1.82, 2.24) is 5.32 Å². The molecule has 1 aliphatic carbocycles. The average molecular weight is 321 g/mol. The van der Waals surface area contributed by atoms with Crippen LogP contribution in [-0.4, -0.2) is 25.6 Å². The fourth-order valence-electron chi connectivity index (χ4n) is 2.90. The predicted octanol–water partition coefficient (Wildman–Crippen LogP) is 2.77. The Labute approximate surface area is 132 Å². The molecule has 0 radical (unpaired) electrons. The van der Waals surface area contributed by atoms with Crippen LogP contribution < -0.4 is 5.32 Å². The topological polar surface area (TPSA) is 63.2 Å². The van der Waals surface area contributed by atoms with Gasteiger partial charge in [-0.3, -0.25) is 4.79 Å². The van der Waals surface area contributed by atoms with E-state index in [4.69, 9.17) is 0 Å². The van der Waals surface area contributed by atoms with Crippen molar-refractivity contribution in [3.05, 3.63) is 42.0 Å². The van der Waals surface area contributed by atoms with Gasteiger partial charge >= 0.3 is 0 Å². The highest BCUT2D eigenvalue weighted by molar-refractivity contribution is 7.93. The molecule has 1 saturated carbocycles. The summed E-state index contributed by atoms with van der Waals surface area (Å²) in [6.45, 7) is 7.76. The zero-order valence-corrected chi connectivity index (χ0v) is 14.0. The maximum absolute atomic E-state index is 13.1. The summed E-state index contributed by atoms with van der Waals surface area (Å²) in [6.07, 6.45) is 2.27. The molecule has 0 saturated heterocycles. The SMILES string of the molecule is C=C(C)CNC(=O)C1(S(=O)(=O)c2ccc(C)cc2)CCCC1. The van der Waals surface area contributed by atoms with E-state index in [1.54, 1.807) is 31.2 Å². The fourth-order valence-corrected chi connectivity index (χ4v) is 4.99. The Hall–Kier alpha value is -1.62. The normalized spacial score (nSPS) is 17.2. The van der Waals surface area contributed by atoms with Gasteiger partial charge in [-0.2, -0.15) is 0 Å². The summed E-state index contributed by atoms with van der Waals surface area (Å²) in [5, 5.41) is 2.73. The van der Waals surface area contributed by atoms with Gasteiger partial charge in [0.05, 0.1) is 4.90 Å². The number of amides is 1. The summed E-state index contributed by atoms with van der Waals surface area (Å²) >= 11 is 0. The first-order valence-corrected chi connectivity index (χ1v) is 9.02. The zero-order valence-electron chi connectivity index (χ0n) is 13.2. The van der Waals surface area contributed by atoms with E-state index in [-0.39, 0.29) is 4.90 Å². The van der Waals surface area contributed by atoms with Crippen LogP contribution in [0.2, 0.25) is 0 Å². The Morgan fingerprint density at radius 2 is 1.77 bits per heavy atom. The maximum atomic E-state index is 13.1. The van der Waals surface area contributed by atoms with Gasteiger partial charge in [-0.05, 0) is 38.8 Å². The lowest BCUT2D eigenvalue weighted by Crippen LogP contribution is -2.50. The van der Waals surface area contributed by atoms with Crippen LogP contribution in [-0.2, 0) is 14.6 Å². The molecule has 4 nitrogen and oxygen atoms in total. The Balaban J connectivity index is 2.39. The van der Waals surface area contributed by atoms with Crippen LogP contribution >= 0.6 is 0 Å². The molecule has 5 heteroatoms. The fraction of sp³-hybridized carbons (Fsp3) is 0.471. The molecule has 1 N–H and O–H groups in total. The highest BCUT2D eigenvalue weighted by Crippen LogP contribution is 2.40. The predicted molar refractivity (Wildman–Crippen MR) is 87.4 cm³/mol. The summed E-state index contributed by atoms with van der Waals surface area (Å²) in [6, 6.07) is 6.72. The van der Waals surface area contributed by atoms with Crippen LogP contribution in [0.4, 0.5) is 0 Å². The third kappa shape index (κ3) is 2.95. The van der Waals surface area contributed by atoms with Gasteiger partial charge in [0.25, 0.3) is 0 Å². The van der Waals surface area contributed by atoms with Crippen LogP contribution in [0.1, 0.15) is 38.2 Å². The summed E-state index contributed by atoms with van der Waals surface area (Å²) in [4.78, 5) is 12.9. The molecule has 120 valence electrons. The molecule has 22 heavy (non-hydrogen) atoms. The Kier molecular flexibility index (Phi) is 4.75. The van der Waals surface area contributed by atoms with Crippen molar-refractivity contribution in [1.29, 1.82) is 0 Å². The monoisotopic (exact) mass is 321 g/mol. The van der Waals surface area contributed by atoms with E-state index in [0.717, 1.165) is 24.0 Å². The van der Waals surface area contributed by atoms with Crippen LogP contribution in [0.5, 0.6) is 0 Å². The first-order chi connectivity index (χ1) is 10.3. The summed E-state index contributed by atoms with van der Waals surface area (Å²) in [7, 11) is -3.71. The van der Waals surface area contributed by atoms with E-state index in [9.17, 15) is 13.2 Å². The Bertz CT molecular complexity index is 668. The lowest BCUT2D eigenvalue weighted by atomic mass is 10.1. The van der Waals surface area contributed by atoms with Gasteiger partial charge < -0.3 is 5.32 Å². The molecule has 1 amide bonds. The highest BCUT2D eigenvalue weighted by Gasteiger charge is 2.52. The van der Waals surface area contributed by atoms with Crippen molar-refractivity contribution < 1.29 is 13.2 Å². The van der Waals surface area contributed by atoms with Gasteiger partial charge in [0.15, 0.2) is 14.6 Å². The number of hydrogen-bond acceptors (Lipinski definition) is 3. The molecule has 0 aromatic heterocycles. The summed E-state index contributed by atoms with van der Waals surface area (Å²) in [5.41, 5.74) is 1.79. The molecular formula is C17H23NO3S. The van der Waals surface area contributed by atoms with Crippen LogP contribution in [0.25, 0.3) is 0 Å². The zero-order chi connectivity index (χ0) is 16.4. The van der Waals surface area contributed by atoms with E-state index < -0.39 is 20.5 Å². The average Bonchev–Trinajstić information content (AvgIpc) is 2.96. The van der Waals surface area contributed by atoms with Crippen molar-refractivity contribution >= 4 is 15.7 Å². The molecule has 0 aliphatic heterocycles. The first kappa shape index (κ1) is 16.7. The maximum Gasteiger partial charge on any atom is 0.242 e. The second kappa shape index (κ2) is 6.24. The molecule has 0 bridgehead atoms. The standard InChI is InChI=1S/C17H23NO3S/c1-13(2)12-18-16(19)17(10-4-5-11-17)22(20,21)15-8-6-14(3)7-9-15/h6-9H,1,4-5,10-12H2,2-3H3,(H,18,19). The van der Waals surface area contributed by atoms with Crippen molar-refractivity contribution in [2.24, 2.45) is 0 Å². The first-order valence-electron chi connectivity index (χ1n) is 7.53. The van der Waals surface area contributed by atoms with Gasteiger partial charge in [-0.25, -0.2) is 8.42 Å². The van der Waals surface area contributed by atoms with Crippen molar-refractivity contribution in [2.45, 2.75) is 49.2 Å². The van der Waals surface area contributed by atoms with Crippen LogP contribution in [0.3, 0.4) is 0 Å². The van der Waals surface area contributed by atoms with Crippen LogP contribution in [0.15, 0.2) is 41.3 Å². The number of carbonyl (C=O) groups excluding carboxylic acids is 1. The molecule has 1 aromatic carbocycles. The van der Waals surface area contributed by atoms with Gasteiger partial charge in [0, 0.05) is 6.54 Å². The number of sulfone groups is 1. The summed E-state index contributed by atoms with van der Waals surface area (Å²) < 4.78 is 24.8. The molecule has 0 unspecified atom stereocenters. The molecule has 0 atom stereocenters. The molecule has 0 heterocycles. The molecule has 2 rings (SSSR count). The third-order valence-electron chi connectivity index (χ3n) is 4.22. The van der Waals surface area contributed by atoms with Crippen molar-refractivity contribution in [2.75, 3.05) is 6.54 Å². The molecule has 1 aliphatic rings. The number of benzene rings is 1. The van der Waals surface area contributed by atoms with Crippen LogP contribution in [0, 0.1) is 6.92 Å². The minimum Gasteiger partial charge on any atom is -0.351 e. The largest absolute Gasteiger partial charge is 0.351 e. The van der Waals surface area contributed by atoms with E-state index in [0.29, 0.717) is 19.4 Å². The molecule has 0 spiro atoms. The van der Waals surface area contributed by atoms with Crippen molar-refractivity contribution in [3.8, 4) is 0 Å². The van der Waals surface area contributed by atoms with Crippen molar-refractivity contribution in [3.63, 3.8) is 0 Å². The third-order valence-corrected chi connectivity index (χ3v) is 6.74. The highest BCUT2D eigenvalue weighted by atomic mass is 32.2. The molecular weight excluding hydrogens is 298 g/mol. The Morgan fingerprint density at radius 3 is 2.27 bits per heavy atom. The minimum absolute atomic E-state index is 0.227. The van der Waals surface area contributed by atoms with Gasteiger partial charge in [0.1, 0.15) is 0 Å². The van der Waals surface area contributed by atoms with E-state index >= 15 is 0 Å². The number of aryl methyl sites for hydroxylation is 1. The molecule has 1 aromatic rings. The molecule has 1 fully saturated rings. The Morgan fingerprint density at radius 1 is 1.23 bits per heavy atom. The second-order valence-electron chi connectivity index (χ2n) is 6.16. The number of nitrogens with one attached hydrogen (secondary N) is 1. The second-order valence-corrected chi connectivity index (χ2v) is 8.42. The number of rotatable bonds is 5. The van der Waals surface area contributed by atoms with E-state index in [1.165, 1.54) is 0 Å². The number of carbonyl (C=O) groups is 1. The van der Waals surface area contributed by atoms with Gasteiger partial charge in [0.2, 0.25) is 5.91 Å². The van der Waals surface area contributed by atoms with Gasteiger partial charge in [-0.15, -0.1) is 0 Å². The number of hydrogen-bond donors (Lipinski definition) is 1. The van der Waals surface area contributed by atoms with E-state index in [2.05, 4.69) is 11.9 Å². The quantitative estimate of drug-likeness (QED) is 0.848. The summed E-state index contributed by atoms with van der Waals surface area (Å²) in [5.74, 6) is -0.395.